The van der Waals surface area contributed by atoms with E-state index >= 15 is 0 Å². The number of esters is 1. The van der Waals surface area contributed by atoms with Crippen molar-refractivity contribution in [3.63, 3.8) is 0 Å². The van der Waals surface area contributed by atoms with Crippen LogP contribution in [0.1, 0.15) is 16.8 Å². The fourth-order valence-corrected chi connectivity index (χ4v) is 4.37. The van der Waals surface area contributed by atoms with Crippen LogP contribution in [0, 0.1) is 0 Å². The minimum Gasteiger partial charge on any atom is -0.483 e. The largest absolute Gasteiger partial charge is 0.483 e. The molecule has 7 nitrogen and oxygen atoms in total. The molecule has 1 aromatic rings. The second-order valence-electron chi connectivity index (χ2n) is 5.48. The average Bonchev–Trinajstić information content (AvgIpc) is 2.91. The number of ether oxygens (including phenoxy) is 2. The Balaban J connectivity index is 2.03. The van der Waals surface area contributed by atoms with Crippen LogP contribution in [0.2, 0.25) is 5.02 Å². The highest BCUT2D eigenvalue weighted by atomic mass is 35.5. The molecule has 0 radical (unpaired) electrons. The van der Waals surface area contributed by atoms with Gasteiger partial charge >= 0.3 is 5.97 Å². The maximum absolute atomic E-state index is 12.2. The number of rotatable bonds is 5. The van der Waals surface area contributed by atoms with Gasteiger partial charge in [-0.05, 0) is 24.6 Å². The van der Waals surface area contributed by atoms with Crippen molar-refractivity contribution in [3.05, 3.63) is 28.8 Å². The van der Waals surface area contributed by atoms with Crippen molar-refractivity contribution >= 4 is 33.3 Å². The van der Waals surface area contributed by atoms with E-state index in [-0.39, 0.29) is 41.4 Å². The van der Waals surface area contributed by atoms with Crippen LogP contribution < -0.4 is 4.74 Å². The van der Waals surface area contributed by atoms with E-state index in [0.29, 0.717) is 11.4 Å². The van der Waals surface area contributed by atoms with Crippen LogP contribution in [0.15, 0.2) is 18.2 Å². The number of nitrogens with zero attached hydrogens (tertiary/aromatic N) is 1. The van der Waals surface area contributed by atoms with Crippen LogP contribution in [-0.2, 0) is 19.4 Å². The van der Waals surface area contributed by atoms with Gasteiger partial charge < -0.3 is 14.4 Å². The third-order valence-electron chi connectivity index (χ3n) is 3.85. The molecule has 24 heavy (non-hydrogen) atoms. The lowest BCUT2D eigenvalue weighted by atomic mass is 10.2. The number of hydrogen-bond acceptors (Lipinski definition) is 6. The van der Waals surface area contributed by atoms with Crippen LogP contribution in [0.5, 0.6) is 5.75 Å². The normalized spacial score (nSPS) is 18.9. The van der Waals surface area contributed by atoms with E-state index < -0.39 is 15.8 Å². The Labute approximate surface area is 145 Å². The number of likely N-dealkylation sites (N-methyl/N-ethyl adjacent to an activating group) is 1. The fourth-order valence-electron chi connectivity index (χ4n) is 2.42. The van der Waals surface area contributed by atoms with Crippen molar-refractivity contribution < 1.29 is 27.5 Å². The molecule has 0 saturated carbocycles. The van der Waals surface area contributed by atoms with Gasteiger partial charge in [-0.15, -0.1) is 0 Å². The molecule has 1 fully saturated rings. The van der Waals surface area contributed by atoms with E-state index in [0.717, 1.165) is 0 Å². The summed E-state index contributed by atoms with van der Waals surface area (Å²) in [5.74, 6) is -0.784. The maximum Gasteiger partial charge on any atom is 0.341 e. The number of carbonyl (C=O) groups excluding carboxylic acids is 2. The summed E-state index contributed by atoms with van der Waals surface area (Å²) in [5, 5.41) is 0.336. The molecule has 1 aromatic carbocycles. The van der Waals surface area contributed by atoms with Crippen molar-refractivity contribution in [2.45, 2.75) is 12.5 Å². The molecular weight excluding hydrogens is 358 g/mol. The summed E-state index contributed by atoms with van der Waals surface area (Å²) in [6.07, 6.45) is 0.416. The molecule has 1 heterocycles. The lowest BCUT2D eigenvalue weighted by Crippen LogP contribution is -2.40. The Bertz CT molecular complexity index is 748. The van der Waals surface area contributed by atoms with Gasteiger partial charge in [0.25, 0.3) is 5.91 Å². The molecule has 1 aliphatic rings. The Hall–Kier alpha value is -1.80. The van der Waals surface area contributed by atoms with E-state index in [2.05, 4.69) is 4.74 Å². The van der Waals surface area contributed by atoms with Gasteiger partial charge in [0, 0.05) is 18.1 Å². The number of hydrogen-bond donors (Lipinski definition) is 0. The van der Waals surface area contributed by atoms with E-state index in [1.807, 2.05) is 0 Å². The molecule has 1 atom stereocenters. The summed E-state index contributed by atoms with van der Waals surface area (Å²) >= 11 is 5.85. The quantitative estimate of drug-likeness (QED) is 0.717. The first-order valence-corrected chi connectivity index (χ1v) is 9.40. The molecule has 9 heteroatoms. The topological polar surface area (TPSA) is 90.0 Å². The Morgan fingerprint density at radius 2 is 2.08 bits per heavy atom. The monoisotopic (exact) mass is 375 g/mol. The summed E-state index contributed by atoms with van der Waals surface area (Å²) < 4.78 is 33.1. The van der Waals surface area contributed by atoms with Gasteiger partial charge in [-0.25, -0.2) is 13.2 Å². The highest BCUT2D eigenvalue weighted by Crippen LogP contribution is 2.24. The second-order valence-corrected chi connectivity index (χ2v) is 8.15. The lowest BCUT2D eigenvalue weighted by Gasteiger charge is -2.23. The van der Waals surface area contributed by atoms with Gasteiger partial charge in [0.15, 0.2) is 16.4 Å². The Kier molecular flexibility index (Phi) is 5.71. The van der Waals surface area contributed by atoms with Crippen LogP contribution in [0.25, 0.3) is 0 Å². The van der Waals surface area contributed by atoms with Gasteiger partial charge in [-0.1, -0.05) is 11.6 Å². The summed E-state index contributed by atoms with van der Waals surface area (Å²) in [6.45, 7) is -0.321. The molecule has 1 unspecified atom stereocenters. The third-order valence-corrected chi connectivity index (χ3v) is 5.83. The number of amides is 1. The molecule has 1 aliphatic heterocycles. The molecule has 0 bridgehead atoms. The standard InChI is InChI=1S/C15H18ClNO6S/c1-17(11-5-6-24(20,21)9-11)14(18)8-23-13-4-3-10(16)7-12(13)15(19)22-2/h3-4,7,11H,5-6,8-9H2,1-2H3. The molecule has 132 valence electrons. The maximum atomic E-state index is 12.2. The SMILES string of the molecule is COC(=O)c1cc(Cl)ccc1OCC(=O)N(C)C1CCS(=O)(=O)C1. The Morgan fingerprint density at radius 3 is 2.67 bits per heavy atom. The molecule has 0 N–H and O–H groups in total. The smallest absolute Gasteiger partial charge is 0.341 e. The van der Waals surface area contributed by atoms with E-state index in [4.69, 9.17) is 16.3 Å². The van der Waals surface area contributed by atoms with Crippen LogP contribution in [0.4, 0.5) is 0 Å². The van der Waals surface area contributed by atoms with E-state index in [9.17, 15) is 18.0 Å². The predicted octanol–water partition coefficient (Wildman–Crippen LogP) is 1.15. The van der Waals surface area contributed by atoms with Gasteiger partial charge in [-0.2, -0.15) is 0 Å². The highest BCUT2D eigenvalue weighted by Gasteiger charge is 2.32. The van der Waals surface area contributed by atoms with Crippen LogP contribution in [-0.4, -0.2) is 63.5 Å². The van der Waals surface area contributed by atoms with Crippen LogP contribution in [0.3, 0.4) is 0 Å². The minimum absolute atomic E-state index is 0.0381. The molecule has 0 aromatic heterocycles. The number of methoxy groups -OCH3 is 1. The van der Waals surface area contributed by atoms with Crippen molar-refractivity contribution in [2.24, 2.45) is 0 Å². The first-order chi connectivity index (χ1) is 11.2. The van der Waals surface area contributed by atoms with Crippen molar-refractivity contribution in [3.8, 4) is 5.75 Å². The van der Waals surface area contributed by atoms with Gasteiger partial charge in [0.1, 0.15) is 11.3 Å². The summed E-state index contributed by atoms with van der Waals surface area (Å²) in [5.41, 5.74) is 0.115. The zero-order valence-electron chi connectivity index (χ0n) is 13.3. The highest BCUT2D eigenvalue weighted by molar-refractivity contribution is 7.91. The van der Waals surface area contributed by atoms with E-state index in [1.54, 1.807) is 7.05 Å². The number of carbonyl (C=O) groups is 2. The summed E-state index contributed by atoms with van der Waals surface area (Å²) in [4.78, 5) is 25.3. The fraction of sp³-hybridized carbons (Fsp3) is 0.467. The van der Waals surface area contributed by atoms with Crippen molar-refractivity contribution in [1.29, 1.82) is 0 Å². The number of sulfone groups is 1. The lowest BCUT2D eigenvalue weighted by molar-refractivity contribution is -0.133. The first-order valence-electron chi connectivity index (χ1n) is 7.20. The molecule has 0 spiro atoms. The zero-order valence-corrected chi connectivity index (χ0v) is 14.9. The molecule has 2 rings (SSSR count). The minimum atomic E-state index is -3.08. The van der Waals surface area contributed by atoms with Crippen molar-refractivity contribution in [1.82, 2.24) is 4.90 Å². The third kappa shape index (κ3) is 4.39. The first kappa shape index (κ1) is 18.5. The molecule has 1 saturated heterocycles. The molecule has 1 amide bonds. The summed E-state index contributed by atoms with van der Waals surface area (Å²) in [7, 11) is -0.307. The van der Waals surface area contributed by atoms with Gasteiger partial charge in [0.2, 0.25) is 0 Å². The Morgan fingerprint density at radius 1 is 1.38 bits per heavy atom. The van der Waals surface area contributed by atoms with Gasteiger partial charge in [-0.3, -0.25) is 4.79 Å². The number of benzene rings is 1. The number of halogens is 1. The van der Waals surface area contributed by atoms with Gasteiger partial charge in [0.05, 0.1) is 18.6 Å². The predicted molar refractivity (Wildman–Crippen MR) is 88.1 cm³/mol. The molecular formula is C15H18ClNO6S. The van der Waals surface area contributed by atoms with Crippen LogP contribution >= 0.6 is 11.6 Å². The van der Waals surface area contributed by atoms with E-state index in [1.165, 1.54) is 30.2 Å². The van der Waals surface area contributed by atoms with Crippen molar-refractivity contribution in [2.75, 3.05) is 32.3 Å². The average molecular weight is 376 g/mol. The summed E-state index contributed by atoms with van der Waals surface area (Å²) in [6, 6.07) is 4.04. The molecule has 0 aliphatic carbocycles. The zero-order chi connectivity index (χ0) is 17.9. The second kappa shape index (κ2) is 7.40.